The lowest BCUT2D eigenvalue weighted by atomic mass is 10.1. The van der Waals surface area contributed by atoms with Crippen molar-refractivity contribution in [1.82, 2.24) is 19.6 Å². The van der Waals surface area contributed by atoms with Crippen LogP contribution in [0.5, 0.6) is 5.75 Å². The standard InChI is InChI=1S/C14H16N4O/c1-9(2)18-8-10(7-15-18)14-12-6-11(19)4-5-13(12)17(3)16-14/h4-9,19H,1-3H3. The van der Waals surface area contributed by atoms with Crippen molar-refractivity contribution in [3.63, 3.8) is 0 Å². The van der Waals surface area contributed by atoms with Crippen LogP contribution in [0.4, 0.5) is 0 Å². The smallest absolute Gasteiger partial charge is 0.116 e. The van der Waals surface area contributed by atoms with Gasteiger partial charge in [0.1, 0.15) is 11.4 Å². The molecule has 0 saturated carbocycles. The van der Waals surface area contributed by atoms with Gasteiger partial charge in [0.15, 0.2) is 0 Å². The van der Waals surface area contributed by atoms with Crippen LogP contribution in [0.3, 0.4) is 0 Å². The van der Waals surface area contributed by atoms with Crippen LogP contribution >= 0.6 is 0 Å². The summed E-state index contributed by atoms with van der Waals surface area (Å²) in [6.07, 6.45) is 3.79. The fourth-order valence-corrected chi connectivity index (χ4v) is 2.21. The topological polar surface area (TPSA) is 55.9 Å². The minimum atomic E-state index is 0.248. The number of phenolic OH excluding ortho intramolecular Hbond substituents is 1. The van der Waals surface area contributed by atoms with Crippen LogP contribution in [0.25, 0.3) is 22.2 Å². The molecule has 0 radical (unpaired) electrons. The predicted octanol–water partition coefficient (Wildman–Crippen LogP) is 2.72. The second kappa shape index (κ2) is 4.12. The first-order valence-corrected chi connectivity index (χ1v) is 6.26. The Kier molecular flexibility index (Phi) is 2.55. The Labute approximate surface area is 111 Å². The van der Waals surface area contributed by atoms with Crippen molar-refractivity contribution in [2.24, 2.45) is 7.05 Å². The maximum absolute atomic E-state index is 9.65. The molecule has 1 aromatic carbocycles. The van der Waals surface area contributed by atoms with E-state index in [4.69, 9.17) is 0 Å². The zero-order valence-electron chi connectivity index (χ0n) is 11.2. The first-order chi connectivity index (χ1) is 9.06. The first kappa shape index (κ1) is 11.8. The Balaban J connectivity index is 2.21. The summed E-state index contributed by atoms with van der Waals surface area (Å²) < 4.78 is 3.72. The number of aromatic nitrogens is 4. The SMILES string of the molecule is CC(C)n1cc(-c2nn(C)c3ccc(O)cc23)cn1. The molecule has 0 atom stereocenters. The van der Waals surface area contributed by atoms with Gasteiger partial charge in [-0.2, -0.15) is 10.2 Å². The van der Waals surface area contributed by atoms with Crippen LogP contribution < -0.4 is 0 Å². The molecule has 0 spiro atoms. The molecule has 2 heterocycles. The minimum absolute atomic E-state index is 0.248. The summed E-state index contributed by atoms with van der Waals surface area (Å²) in [4.78, 5) is 0. The van der Waals surface area contributed by atoms with Gasteiger partial charge in [-0.1, -0.05) is 0 Å². The number of fused-ring (bicyclic) bond motifs is 1. The van der Waals surface area contributed by atoms with Crippen LogP contribution in [0.2, 0.25) is 0 Å². The summed E-state index contributed by atoms with van der Waals surface area (Å²) >= 11 is 0. The van der Waals surface area contributed by atoms with E-state index in [1.54, 1.807) is 12.1 Å². The van der Waals surface area contributed by atoms with E-state index < -0.39 is 0 Å². The van der Waals surface area contributed by atoms with Crippen molar-refractivity contribution in [3.05, 3.63) is 30.6 Å². The molecule has 0 saturated heterocycles. The van der Waals surface area contributed by atoms with Crippen LogP contribution in [0, 0.1) is 0 Å². The highest BCUT2D eigenvalue weighted by molar-refractivity contribution is 5.93. The molecule has 0 aliphatic carbocycles. The molecular formula is C14H16N4O. The summed E-state index contributed by atoms with van der Waals surface area (Å²) in [6, 6.07) is 5.60. The Morgan fingerprint density at radius 2 is 2.05 bits per heavy atom. The lowest BCUT2D eigenvalue weighted by molar-refractivity contribution is 0.476. The highest BCUT2D eigenvalue weighted by Crippen LogP contribution is 2.30. The van der Waals surface area contributed by atoms with Gasteiger partial charge in [-0.15, -0.1) is 0 Å². The molecule has 3 rings (SSSR count). The van der Waals surface area contributed by atoms with Crippen molar-refractivity contribution in [2.45, 2.75) is 19.9 Å². The van der Waals surface area contributed by atoms with Gasteiger partial charge in [-0.25, -0.2) is 0 Å². The van der Waals surface area contributed by atoms with Gasteiger partial charge in [0.05, 0.1) is 11.7 Å². The minimum Gasteiger partial charge on any atom is -0.508 e. The summed E-state index contributed by atoms with van der Waals surface area (Å²) in [7, 11) is 1.90. The predicted molar refractivity (Wildman–Crippen MR) is 74.0 cm³/mol. The first-order valence-electron chi connectivity index (χ1n) is 6.26. The third-order valence-corrected chi connectivity index (χ3v) is 3.24. The summed E-state index contributed by atoms with van der Waals surface area (Å²) in [5.41, 5.74) is 2.80. The number of aryl methyl sites for hydroxylation is 1. The molecule has 0 unspecified atom stereocenters. The molecule has 0 aliphatic rings. The normalized spacial score (nSPS) is 11.6. The zero-order chi connectivity index (χ0) is 13.6. The van der Waals surface area contributed by atoms with Crippen molar-refractivity contribution < 1.29 is 5.11 Å². The van der Waals surface area contributed by atoms with E-state index in [-0.39, 0.29) is 5.75 Å². The maximum atomic E-state index is 9.65. The molecule has 0 aliphatic heterocycles. The molecule has 1 N–H and O–H groups in total. The molecule has 19 heavy (non-hydrogen) atoms. The van der Waals surface area contributed by atoms with E-state index in [1.807, 2.05) is 34.9 Å². The third-order valence-electron chi connectivity index (χ3n) is 3.24. The molecule has 5 heteroatoms. The van der Waals surface area contributed by atoms with Gasteiger partial charge < -0.3 is 5.11 Å². The lowest BCUT2D eigenvalue weighted by Crippen LogP contribution is -1.99. The average Bonchev–Trinajstić information content (AvgIpc) is 2.94. The van der Waals surface area contributed by atoms with Gasteiger partial charge in [-0.05, 0) is 32.0 Å². The summed E-state index contributed by atoms with van der Waals surface area (Å²) in [5.74, 6) is 0.248. The van der Waals surface area contributed by atoms with E-state index in [2.05, 4.69) is 24.0 Å². The molecule has 0 fully saturated rings. The molecular weight excluding hydrogens is 240 g/mol. The van der Waals surface area contributed by atoms with Gasteiger partial charge in [0.25, 0.3) is 0 Å². The number of aromatic hydroxyl groups is 1. The van der Waals surface area contributed by atoms with Gasteiger partial charge in [-0.3, -0.25) is 9.36 Å². The fraction of sp³-hybridized carbons (Fsp3) is 0.286. The van der Waals surface area contributed by atoms with E-state index in [0.717, 1.165) is 22.2 Å². The molecule has 5 nitrogen and oxygen atoms in total. The Morgan fingerprint density at radius 1 is 1.26 bits per heavy atom. The van der Waals surface area contributed by atoms with Crippen molar-refractivity contribution >= 4 is 10.9 Å². The number of nitrogens with zero attached hydrogens (tertiary/aromatic N) is 4. The fourth-order valence-electron chi connectivity index (χ4n) is 2.21. The second-order valence-corrected chi connectivity index (χ2v) is 4.98. The van der Waals surface area contributed by atoms with E-state index >= 15 is 0 Å². The number of hydrogen-bond acceptors (Lipinski definition) is 3. The van der Waals surface area contributed by atoms with Crippen molar-refractivity contribution in [1.29, 1.82) is 0 Å². The lowest BCUT2D eigenvalue weighted by Gasteiger charge is -2.02. The van der Waals surface area contributed by atoms with Crippen LogP contribution in [-0.2, 0) is 7.05 Å². The molecule has 98 valence electrons. The van der Waals surface area contributed by atoms with E-state index in [9.17, 15) is 5.11 Å². The largest absolute Gasteiger partial charge is 0.508 e. The van der Waals surface area contributed by atoms with Crippen LogP contribution in [0.15, 0.2) is 30.6 Å². The molecule has 0 bridgehead atoms. The van der Waals surface area contributed by atoms with Crippen molar-refractivity contribution in [2.75, 3.05) is 0 Å². The molecule has 3 aromatic rings. The van der Waals surface area contributed by atoms with Crippen LogP contribution in [-0.4, -0.2) is 24.7 Å². The van der Waals surface area contributed by atoms with Gasteiger partial charge in [0, 0.05) is 30.2 Å². The molecule has 2 aromatic heterocycles. The summed E-state index contributed by atoms with van der Waals surface area (Å²) in [5, 5.41) is 19.4. The quantitative estimate of drug-likeness (QED) is 0.767. The van der Waals surface area contributed by atoms with E-state index in [0.29, 0.717) is 6.04 Å². The molecule has 0 amide bonds. The monoisotopic (exact) mass is 256 g/mol. The second-order valence-electron chi connectivity index (χ2n) is 4.98. The highest BCUT2D eigenvalue weighted by atomic mass is 16.3. The Hall–Kier alpha value is -2.30. The average molecular weight is 256 g/mol. The van der Waals surface area contributed by atoms with E-state index in [1.165, 1.54) is 0 Å². The number of benzene rings is 1. The number of phenols is 1. The number of hydrogen-bond donors (Lipinski definition) is 1. The highest BCUT2D eigenvalue weighted by Gasteiger charge is 2.13. The third kappa shape index (κ3) is 1.87. The van der Waals surface area contributed by atoms with Crippen molar-refractivity contribution in [3.8, 4) is 17.0 Å². The van der Waals surface area contributed by atoms with Gasteiger partial charge in [0.2, 0.25) is 0 Å². The Bertz CT molecular complexity index is 739. The number of rotatable bonds is 2. The summed E-state index contributed by atoms with van der Waals surface area (Å²) in [6.45, 7) is 4.16. The zero-order valence-corrected chi connectivity index (χ0v) is 11.2. The Morgan fingerprint density at radius 3 is 2.74 bits per heavy atom. The maximum Gasteiger partial charge on any atom is 0.116 e. The van der Waals surface area contributed by atoms with Gasteiger partial charge >= 0.3 is 0 Å². The van der Waals surface area contributed by atoms with Crippen LogP contribution in [0.1, 0.15) is 19.9 Å².